The predicted octanol–water partition coefficient (Wildman–Crippen LogP) is 4.34. The zero-order valence-corrected chi connectivity index (χ0v) is 16.7. The number of carbonyl (C=O) groups is 1. The molecule has 2 aromatic carbocycles. The first kappa shape index (κ1) is 21.2. The summed E-state index contributed by atoms with van der Waals surface area (Å²) >= 11 is 0. The third-order valence-corrected chi connectivity index (χ3v) is 5.26. The Morgan fingerprint density at radius 3 is 2.41 bits per heavy atom. The summed E-state index contributed by atoms with van der Waals surface area (Å²) in [7, 11) is 0. The Bertz CT molecular complexity index is 859. The highest BCUT2D eigenvalue weighted by Gasteiger charge is 2.30. The van der Waals surface area contributed by atoms with E-state index in [0.29, 0.717) is 11.3 Å². The van der Waals surface area contributed by atoms with Gasteiger partial charge in [0.05, 0.1) is 12.0 Å². The molecule has 0 atom stereocenters. The lowest BCUT2D eigenvalue weighted by Gasteiger charge is -2.36. The van der Waals surface area contributed by atoms with Gasteiger partial charge in [0.15, 0.2) is 0 Å². The molecule has 2 aromatic rings. The molecule has 1 amide bonds. The van der Waals surface area contributed by atoms with Crippen LogP contribution in [-0.4, -0.2) is 43.5 Å². The summed E-state index contributed by atoms with van der Waals surface area (Å²) in [6.07, 6.45) is -4.52. The van der Waals surface area contributed by atoms with Gasteiger partial charge in [-0.2, -0.15) is 13.2 Å². The van der Waals surface area contributed by atoms with Crippen molar-refractivity contribution in [1.82, 2.24) is 4.90 Å². The maximum absolute atomic E-state index is 12.8. The first-order valence-corrected chi connectivity index (χ1v) is 9.80. The van der Waals surface area contributed by atoms with Gasteiger partial charge in [-0.15, -0.1) is 0 Å². The number of rotatable bonds is 5. The van der Waals surface area contributed by atoms with E-state index in [0.717, 1.165) is 56.1 Å². The summed E-state index contributed by atoms with van der Waals surface area (Å²) < 4.78 is 38.5. The molecule has 1 fully saturated rings. The van der Waals surface area contributed by atoms with E-state index in [9.17, 15) is 18.0 Å². The maximum Gasteiger partial charge on any atom is 0.416 e. The molecule has 156 valence electrons. The fraction of sp³-hybridized carbons (Fsp3) is 0.409. The highest BCUT2D eigenvalue weighted by molar-refractivity contribution is 5.92. The summed E-state index contributed by atoms with van der Waals surface area (Å²) in [4.78, 5) is 17.1. The minimum absolute atomic E-state index is 0.107. The van der Waals surface area contributed by atoms with Gasteiger partial charge in [0, 0.05) is 37.6 Å². The molecule has 0 aliphatic carbocycles. The molecular formula is C22H26F3N3O. The van der Waals surface area contributed by atoms with E-state index in [1.54, 1.807) is 0 Å². The molecule has 7 heteroatoms. The fourth-order valence-electron chi connectivity index (χ4n) is 3.64. The molecule has 0 bridgehead atoms. The van der Waals surface area contributed by atoms with Gasteiger partial charge in [-0.1, -0.05) is 25.1 Å². The zero-order chi connectivity index (χ0) is 21.0. The van der Waals surface area contributed by atoms with Crippen LogP contribution in [0.1, 0.15) is 23.6 Å². The fourth-order valence-corrected chi connectivity index (χ4v) is 3.64. The van der Waals surface area contributed by atoms with Crippen molar-refractivity contribution in [3.05, 3.63) is 59.2 Å². The quantitative estimate of drug-likeness (QED) is 0.804. The van der Waals surface area contributed by atoms with Gasteiger partial charge in [-0.25, -0.2) is 0 Å². The summed E-state index contributed by atoms with van der Waals surface area (Å²) in [5, 5.41) is 2.79. The second kappa shape index (κ2) is 8.86. The average Bonchev–Trinajstić information content (AvgIpc) is 2.68. The third-order valence-electron chi connectivity index (χ3n) is 5.26. The van der Waals surface area contributed by atoms with E-state index in [4.69, 9.17) is 0 Å². The monoisotopic (exact) mass is 405 g/mol. The molecule has 3 rings (SSSR count). The van der Waals surface area contributed by atoms with Crippen molar-refractivity contribution in [2.45, 2.75) is 26.4 Å². The standard InChI is InChI=1S/C22H26F3N3O/c1-3-27-9-11-28(12-10-27)20-8-7-19(13-16(20)2)26-21(29)15-17-5-4-6-18(14-17)22(23,24)25/h4-8,13-14H,3,9-12,15H2,1-2H3,(H,26,29). The average molecular weight is 405 g/mol. The molecule has 1 aliphatic heterocycles. The largest absolute Gasteiger partial charge is 0.416 e. The van der Waals surface area contributed by atoms with E-state index < -0.39 is 11.7 Å². The molecule has 0 aromatic heterocycles. The van der Waals surface area contributed by atoms with Crippen molar-refractivity contribution in [2.75, 3.05) is 42.9 Å². The molecule has 0 unspecified atom stereocenters. The van der Waals surface area contributed by atoms with Gasteiger partial charge < -0.3 is 15.1 Å². The van der Waals surface area contributed by atoms with Gasteiger partial charge in [0.25, 0.3) is 0 Å². The van der Waals surface area contributed by atoms with Crippen LogP contribution in [0.5, 0.6) is 0 Å². The molecule has 1 heterocycles. The lowest BCUT2D eigenvalue weighted by Crippen LogP contribution is -2.46. The summed E-state index contributed by atoms with van der Waals surface area (Å²) in [6, 6.07) is 10.6. The van der Waals surface area contributed by atoms with Crippen molar-refractivity contribution >= 4 is 17.3 Å². The number of nitrogens with one attached hydrogen (secondary N) is 1. The number of nitrogens with zero attached hydrogens (tertiary/aromatic N) is 2. The summed E-state index contributed by atoms with van der Waals surface area (Å²) in [6.45, 7) is 9.23. The van der Waals surface area contributed by atoms with Crippen LogP contribution < -0.4 is 10.2 Å². The van der Waals surface area contributed by atoms with Crippen LogP contribution in [0.2, 0.25) is 0 Å². The van der Waals surface area contributed by atoms with E-state index in [-0.39, 0.29) is 12.3 Å². The van der Waals surface area contributed by atoms with Crippen molar-refractivity contribution in [3.8, 4) is 0 Å². The zero-order valence-electron chi connectivity index (χ0n) is 16.7. The van der Waals surface area contributed by atoms with Gasteiger partial charge >= 0.3 is 6.18 Å². The van der Waals surface area contributed by atoms with Gasteiger partial charge in [0.1, 0.15) is 0 Å². The Hall–Kier alpha value is -2.54. The van der Waals surface area contributed by atoms with Crippen LogP contribution in [0.25, 0.3) is 0 Å². The Morgan fingerprint density at radius 1 is 1.07 bits per heavy atom. The topological polar surface area (TPSA) is 35.6 Å². The van der Waals surface area contributed by atoms with Crippen LogP contribution in [0.3, 0.4) is 0 Å². The number of amides is 1. The molecule has 0 radical (unpaired) electrons. The molecule has 0 spiro atoms. The SMILES string of the molecule is CCN1CCN(c2ccc(NC(=O)Cc3cccc(C(F)(F)F)c3)cc2C)CC1. The van der Waals surface area contributed by atoms with Crippen molar-refractivity contribution < 1.29 is 18.0 Å². The van der Waals surface area contributed by atoms with Crippen LogP contribution in [0.4, 0.5) is 24.5 Å². The predicted molar refractivity (Wildman–Crippen MR) is 109 cm³/mol. The van der Waals surface area contributed by atoms with Gasteiger partial charge in [-0.05, 0) is 48.9 Å². The number of halogens is 3. The first-order valence-electron chi connectivity index (χ1n) is 9.80. The molecule has 0 saturated carbocycles. The van der Waals surface area contributed by atoms with Crippen LogP contribution >= 0.6 is 0 Å². The Kier molecular flexibility index (Phi) is 6.47. The molecule has 1 N–H and O–H groups in total. The number of hydrogen-bond donors (Lipinski definition) is 1. The number of alkyl halides is 3. The lowest BCUT2D eigenvalue weighted by molar-refractivity contribution is -0.137. The smallest absolute Gasteiger partial charge is 0.369 e. The normalized spacial score (nSPS) is 15.4. The second-order valence-electron chi connectivity index (χ2n) is 7.35. The molecule has 4 nitrogen and oxygen atoms in total. The highest BCUT2D eigenvalue weighted by Crippen LogP contribution is 2.30. The minimum Gasteiger partial charge on any atom is -0.369 e. The minimum atomic E-state index is -4.41. The van der Waals surface area contributed by atoms with E-state index in [1.807, 2.05) is 25.1 Å². The lowest BCUT2D eigenvalue weighted by atomic mass is 10.1. The number of anilines is 2. The second-order valence-corrected chi connectivity index (χ2v) is 7.35. The number of likely N-dealkylation sites (N-methyl/N-ethyl adjacent to an activating group) is 1. The molecule has 29 heavy (non-hydrogen) atoms. The number of hydrogen-bond acceptors (Lipinski definition) is 3. The van der Waals surface area contributed by atoms with Crippen molar-refractivity contribution in [1.29, 1.82) is 0 Å². The van der Waals surface area contributed by atoms with Gasteiger partial charge in [-0.3, -0.25) is 4.79 Å². The molecule has 1 aliphatic rings. The van der Waals surface area contributed by atoms with Gasteiger partial charge in [0.2, 0.25) is 5.91 Å². The molecular weight excluding hydrogens is 379 g/mol. The first-order chi connectivity index (χ1) is 13.8. The number of piperazine rings is 1. The van der Waals surface area contributed by atoms with Crippen molar-refractivity contribution in [3.63, 3.8) is 0 Å². The Morgan fingerprint density at radius 2 is 1.79 bits per heavy atom. The summed E-state index contributed by atoms with van der Waals surface area (Å²) in [5.41, 5.74) is 2.45. The summed E-state index contributed by atoms with van der Waals surface area (Å²) in [5.74, 6) is -0.340. The number of benzene rings is 2. The van der Waals surface area contributed by atoms with Crippen LogP contribution in [-0.2, 0) is 17.4 Å². The Balaban J connectivity index is 1.62. The van der Waals surface area contributed by atoms with Crippen LogP contribution in [0.15, 0.2) is 42.5 Å². The van der Waals surface area contributed by atoms with E-state index in [2.05, 4.69) is 22.0 Å². The van der Waals surface area contributed by atoms with E-state index in [1.165, 1.54) is 12.1 Å². The number of carbonyl (C=O) groups excluding carboxylic acids is 1. The maximum atomic E-state index is 12.8. The third kappa shape index (κ3) is 5.50. The van der Waals surface area contributed by atoms with E-state index >= 15 is 0 Å². The Labute approximate surface area is 169 Å². The van der Waals surface area contributed by atoms with Crippen molar-refractivity contribution in [2.24, 2.45) is 0 Å². The highest BCUT2D eigenvalue weighted by atomic mass is 19.4. The van der Waals surface area contributed by atoms with Crippen LogP contribution in [0, 0.1) is 6.92 Å². The molecule has 1 saturated heterocycles. The number of aryl methyl sites for hydroxylation is 1.